The molecule has 0 saturated carbocycles. The highest BCUT2D eigenvalue weighted by Gasteiger charge is 2.34. The molecule has 1 aliphatic heterocycles. The van der Waals surface area contributed by atoms with Crippen LogP contribution in [0.5, 0.6) is 0 Å². The second-order valence-electron chi connectivity index (χ2n) is 5.21. The number of nitrogens with zero attached hydrogens (tertiary/aromatic N) is 3. The first kappa shape index (κ1) is 17.1. The maximum Gasteiger partial charge on any atom is 0.275 e. The van der Waals surface area contributed by atoms with Gasteiger partial charge in [0.05, 0.1) is 40.2 Å². The van der Waals surface area contributed by atoms with Gasteiger partial charge in [0.15, 0.2) is 0 Å². The Morgan fingerprint density at radius 3 is 2.17 bits per heavy atom. The molecule has 2 rings (SSSR count). The maximum absolute atomic E-state index is 10.9. The Balaban J connectivity index is 2.76. The number of benzene rings is 1. The van der Waals surface area contributed by atoms with Gasteiger partial charge in [0.25, 0.3) is 5.69 Å². The Hall–Kier alpha value is -3.24. The van der Waals surface area contributed by atoms with Crippen LogP contribution in [0.2, 0.25) is 0 Å². The molecule has 4 N–H and O–H groups in total. The van der Waals surface area contributed by atoms with Crippen molar-refractivity contribution in [2.45, 2.75) is 19.8 Å². The molecule has 122 valence electrons. The molecule has 9 heteroatoms. The van der Waals surface area contributed by atoms with E-state index in [0.717, 1.165) is 6.07 Å². The van der Waals surface area contributed by atoms with Crippen LogP contribution in [0.3, 0.4) is 0 Å². The Morgan fingerprint density at radius 2 is 1.75 bits per heavy atom. The highest BCUT2D eigenvalue weighted by molar-refractivity contribution is 5.61. The van der Waals surface area contributed by atoms with Crippen LogP contribution < -0.4 is 10.5 Å². The average Bonchev–Trinajstić information content (AvgIpc) is 2.53. The monoisotopic (exact) mass is 328 g/mol. The Kier molecular flexibility index (Phi) is 4.62. The molecular formula is C15H14N5O4+. The fraction of sp³-hybridized carbons (Fsp3) is 0.200. The summed E-state index contributed by atoms with van der Waals surface area (Å²) in [7, 11) is 0. The van der Waals surface area contributed by atoms with Crippen molar-refractivity contribution in [1.82, 2.24) is 5.32 Å². The summed E-state index contributed by atoms with van der Waals surface area (Å²) in [6, 6.07) is 7.55. The minimum Gasteiger partial charge on any atom is -0.361 e. The van der Waals surface area contributed by atoms with Gasteiger partial charge in [-0.2, -0.15) is 20.9 Å². The minimum absolute atomic E-state index is 0.197. The second-order valence-corrected chi connectivity index (χ2v) is 5.21. The summed E-state index contributed by atoms with van der Waals surface area (Å²) >= 11 is 0. The van der Waals surface area contributed by atoms with Crippen LogP contribution in [0, 0.1) is 32.8 Å². The molecule has 0 saturated heterocycles. The third kappa shape index (κ3) is 2.83. The molecular weight excluding hydrogens is 314 g/mol. The lowest BCUT2D eigenvalue weighted by Crippen LogP contribution is -3.02. The largest absolute Gasteiger partial charge is 0.361 e. The molecule has 9 nitrogen and oxygen atoms in total. The third-order valence-corrected chi connectivity index (χ3v) is 3.80. The zero-order chi connectivity index (χ0) is 18.0. The summed E-state index contributed by atoms with van der Waals surface area (Å²) in [4.78, 5) is 10.2. The Morgan fingerprint density at radius 1 is 1.21 bits per heavy atom. The first-order valence-corrected chi connectivity index (χ1v) is 6.84. The zero-order valence-corrected chi connectivity index (χ0v) is 12.9. The van der Waals surface area contributed by atoms with Crippen LogP contribution in [-0.2, 0) is 0 Å². The molecule has 0 aromatic heterocycles. The van der Waals surface area contributed by atoms with E-state index in [1.165, 1.54) is 12.1 Å². The van der Waals surface area contributed by atoms with Gasteiger partial charge >= 0.3 is 0 Å². The van der Waals surface area contributed by atoms with Gasteiger partial charge in [-0.3, -0.25) is 10.1 Å². The first-order valence-electron chi connectivity index (χ1n) is 6.84. The van der Waals surface area contributed by atoms with Crippen molar-refractivity contribution < 1.29 is 20.6 Å². The van der Waals surface area contributed by atoms with E-state index < -0.39 is 16.1 Å². The van der Waals surface area contributed by atoms with E-state index in [2.05, 4.69) is 5.32 Å². The van der Waals surface area contributed by atoms with Crippen LogP contribution in [0.15, 0.2) is 40.7 Å². The van der Waals surface area contributed by atoms with E-state index in [1.54, 1.807) is 13.8 Å². The van der Waals surface area contributed by atoms with Crippen molar-refractivity contribution in [3.63, 3.8) is 0 Å². The number of hydrogen-bond donors (Lipinski definition) is 4. The molecule has 24 heavy (non-hydrogen) atoms. The molecule has 0 spiro atoms. The van der Waals surface area contributed by atoms with Crippen LogP contribution in [0.25, 0.3) is 0 Å². The fourth-order valence-electron chi connectivity index (χ4n) is 2.70. The SMILES string of the molecule is CC1=C(C#N)C(c2ccc([N+](=O)[O-])cc2[NH+](O)O)C(C#N)=C(C)N1. The van der Waals surface area contributed by atoms with Crippen molar-refractivity contribution in [2.75, 3.05) is 0 Å². The molecule has 0 unspecified atom stereocenters. The van der Waals surface area contributed by atoms with Gasteiger partial charge < -0.3 is 5.32 Å². The summed E-state index contributed by atoms with van der Waals surface area (Å²) < 4.78 is 0. The van der Waals surface area contributed by atoms with Crippen molar-refractivity contribution in [2.24, 2.45) is 0 Å². The van der Waals surface area contributed by atoms with E-state index in [4.69, 9.17) is 0 Å². The van der Waals surface area contributed by atoms with E-state index in [-0.39, 0.29) is 28.1 Å². The standard InChI is InChI=1S/C15H13N5O4/c1-8-12(6-16)15(13(7-17)9(2)18-8)11-4-3-10(19(21)22)5-14(11)20(23)24/h3-5,15,18,23-24H,1-2H3/p+1. The number of quaternary nitrogens is 1. The smallest absolute Gasteiger partial charge is 0.275 e. The lowest BCUT2D eigenvalue weighted by Gasteiger charge is -2.26. The summed E-state index contributed by atoms with van der Waals surface area (Å²) in [6.07, 6.45) is 0. The molecule has 0 radical (unpaired) electrons. The summed E-state index contributed by atoms with van der Waals surface area (Å²) in [5, 5.41) is 50.7. The average molecular weight is 328 g/mol. The molecule has 0 aliphatic carbocycles. The zero-order valence-electron chi connectivity index (χ0n) is 12.9. The molecule has 1 aromatic rings. The first-order chi connectivity index (χ1) is 11.3. The lowest BCUT2D eigenvalue weighted by molar-refractivity contribution is -1.19. The fourth-order valence-corrected chi connectivity index (χ4v) is 2.70. The van der Waals surface area contributed by atoms with Gasteiger partial charge in [0.2, 0.25) is 5.69 Å². The molecule has 0 amide bonds. The second kappa shape index (κ2) is 6.48. The highest BCUT2D eigenvalue weighted by Crippen LogP contribution is 2.40. The lowest BCUT2D eigenvalue weighted by atomic mass is 9.81. The van der Waals surface area contributed by atoms with Crippen molar-refractivity contribution in [3.8, 4) is 12.1 Å². The van der Waals surface area contributed by atoms with Gasteiger partial charge in [-0.1, -0.05) is 0 Å². The predicted octanol–water partition coefficient (Wildman–Crippen LogP) is 1.17. The van der Waals surface area contributed by atoms with Gasteiger partial charge in [-0.05, 0) is 25.1 Å². The number of non-ortho nitro benzene ring substituents is 1. The van der Waals surface area contributed by atoms with E-state index >= 15 is 0 Å². The van der Waals surface area contributed by atoms with Gasteiger partial charge in [-0.15, -0.1) is 0 Å². The van der Waals surface area contributed by atoms with E-state index in [1.807, 2.05) is 12.1 Å². The number of allylic oxidation sites excluding steroid dienone is 4. The summed E-state index contributed by atoms with van der Waals surface area (Å²) in [5.41, 5.74) is 1.22. The quantitative estimate of drug-likeness (QED) is 0.481. The van der Waals surface area contributed by atoms with Crippen LogP contribution >= 0.6 is 0 Å². The number of nitriles is 2. The Labute approximate surface area is 137 Å². The van der Waals surface area contributed by atoms with Crippen molar-refractivity contribution >= 4 is 11.4 Å². The number of nitro benzene ring substituents is 1. The van der Waals surface area contributed by atoms with E-state index in [0.29, 0.717) is 11.4 Å². The summed E-state index contributed by atoms with van der Waals surface area (Å²) in [5.74, 6) is -0.841. The normalized spacial score (nSPS) is 15.1. The summed E-state index contributed by atoms with van der Waals surface area (Å²) in [6.45, 7) is 3.33. The molecule has 1 aliphatic rings. The van der Waals surface area contributed by atoms with Gasteiger partial charge in [0.1, 0.15) is 0 Å². The highest BCUT2D eigenvalue weighted by atomic mass is 16.8. The number of hydrogen-bond acceptors (Lipinski definition) is 7. The Bertz CT molecular complexity index is 822. The number of rotatable bonds is 3. The molecule has 1 heterocycles. The minimum atomic E-state index is -1.11. The number of nitrogens with one attached hydrogen (secondary N) is 2. The molecule has 1 aromatic carbocycles. The topological polar surface area (TPSA) is 148 Å². The van der Waals surface area contributed by atoms with Crippen molar-refractivity contribution in [1.29, 1.82) is 10.5 Å². The third-order valence-electron chi connectivity index (χ3n) is 3.80. The van der Waals surface area contributed by atoms with Gasteiger partial charge in [0, 0.05) is 23.0 Å². The van der Waals surface area contributed by atoms with Gasteiger partial charge in [-0.25, -0.2) is 0 Å². The number of dihydropyridines is 1. The van der Waals surface area contributed by atoms with Crippen LogP contribution in [0.4, 0.5) is 11.4 Å². The van der Waals surface area contributed by atoms with Crippen molar-refractivity contribution in [3.05, 3.63) is 56.4 Å². The van der Waals surface area contributed by atoms with Crippen LogP contribution in [-0.4, -0.2) is 15.3 Å². The predicted molar refractivity (Wildman–Crippen MR) is 79.8 cm³/mol. The molecule has 0 fully saturated rings. The molecule has 0 bridgehead atoms. The van der Waals surface area contributed by atoms with Crippen LogP contribution in [0.1, 0.15) is 25.3 Å². The number of nitro groups is 1. The van der Waals surface area contributed by atoms with E-state index in [9.17, 15) is 31.1 Å². The maximum atomic E-state index is 10.9. The molecule has 0 atom stereocenters.